The Labute approximate surface area is 144 Å². The zero-order valence-electron chi connectivity index (χ0n) is 12.4. The summed E-state index contributed by atoms with van der Waals surface area (Å²) >= 11 is 1.92. The van der Waals surface area contributed by atoms with Gasteiger partial charge >= 0.3 is 0 Å². The van der Waals surface area contributed by atoms with Crippen LogP contribution in [0.4, 0.5) is 8.78 Å². The molecule has 0 radical (unpaired) electrons. The zero-order valence-corrected chi connectivity index (χ0v) is 14.6. The van der Waals surface area contributed by atoms with E-state index in [1.165, 1.54) is 6.07 Å². The van der Waals surface area contributed by atoms with Crippen molar-refractivity contribution in [3.8, 4) is 11.8 Å². The first-order chi connectivity index (χ1) is 10.6. The van der Waals surface area contributed by atoms with E-state index in [9.17, 15) is 8.78 Å². The van der Waals surface area contributed by atoms with Crippen molar-refractivity contribution in [3.05, 3.63) is 68.3 Å². The van der Waals surface area contributed by atoms with Gasteiger partial charge in [-0.25, -0.2) is 8.78 Å². The first-order valence-electron chi connectivity index (χ1n) is 7.35. The molecule has 0 spiro atoms. The SMILES string of the molecule is CCCCCc1ccc(C#Cc2ccc(I)c(F)c2)c(F)c1. The summed E-state index contributed by atoms with van der Waals surface area (Å²) in [5.74, 6) is 4.97. The van der Waals surface area contributed by atoms with Crippen molar-refractivity contribution in [3.63, 3.8) is 0 Å². The second-order valence-corrected chi connectivity index (χ2v) is 6.31. The van der Waals surface area contributed by atoms with Gasteiger partial charge in [-0.1, -0.05) is 37.7 Å². The van der Waals surface area contributed by atoms with E-state index in [2.05, 4.69) is 18.8 Å². The molecule has 22 heavy (non-hydrogen) atoms. The molecule has 0 aliphatic carbocycles. The zero-order chi connectivity index (χ0) is 15.9. The van der Waals surface area contributed by atoms with Crippen molar-refractivity contribution in [1.29, 1.82) is 0 Å². The number of rotatable bonds is 4. The van der Waals surface area contributed by atoms with Crippen molar-refractivity contribution in [1.82, 2.24) is 0 Å². The lowest BCUT2D eigenvalue weighted by Crippen LogP contribution is -1.90. The summed E-state index contributed by atoms with van der Waals surface area (Å²) in [6.45, 7) is 2.15. The van der Waals surface area contributed by atoms with Crippen LogP contribution in [0.25, 0.3) is 0 Å². The van der Waals surface area contributed by atoms with Crippen molar-refractivity contribution in [2.24, 2.45) is 0 Å². The van der Waals surface area contributed by atoms with E-state index in [4.69, 9.17) is 0 Å². The maximum Gasteiger partial charge on any atom is 0.139 e. The molecule has 0 fully saturated rings. The van der Waals surface area contributed by atoms with Crippen LogP contribution < -0.4 is 0 Å². The number of halogens is 3. The Balaban J connectivity index is 2.13. The molecule has 0 aromatic heterocycles. The van der Waals surface area contributed by atoms with Gasteiger partial charge in [-0.2, -0.15) is 0 Å². The fourth-order valence-corrected chi connectivity index (χ4v) is 2.44. The third-order valence-electron chi connectivity index (χ3n) is 3.36. The summed E-state index contributed by atoms with van der Waals surface area (Å²) in [6, 6.07) is 9.92. The van der Waals surface area contributed by atoms with Gasteiger partial charge in [0.25, 0.3) is 0 Å². The average Bonchev–Trinajstić information content (AvgIpc) is 2.50. The molecule has 0 unspecified atom stereocenters. The third kappa shape index (κ3) is 4.81. The highest BCUT2D eigenvalue weighted by Crippen LogP contribution is 2.14. The molecule has 0 atom stereocenters. The molecule has 0 N–H and O–H groups in total. The molecular formula is C19H17F2I. The molecule has 0 aliphatic heterocycles. The summed E-state index contributed by atoms with van der Waals surface area (Å²) < 4.78 is 28.0. The van der Waals surface area contributed by atoms with E-state index in [0.717, 1.165) is 31.2 Å². The minimum atomic E-state index is -0.313. The Kier molecular flexibility index (Phi) is 6.38. The quantitative estimate of drug-likeness (QED) is 0.345. The number of benzene rings is 2. The fourth-order valence-electron chi connectivity index (χ4n) is 2.11. The molecule has 3 heteroatoms. The maximum atomic E-state index is 14.0. The van der Waals surface area contributed by atoms with Crippen LogP contribution in [0, 0.1) is 27.0 Å². The molecule has 0 nitrogen and oxygen atoms in total. The van der Waals surface area contributed by atoms with Crippen LogP contribution in [0.5, 0.6) is 0 Å². The minimum absolute atomic E-state index is 0.306. The lowest BCUT2D eigenvalue weighted by atomic mass is 10.0. The number of unbranched alkanes of at least 4 members (excludes halogenated alkanes) is 2. The molecule has 2 aromatic carbocycles. The molecule has 0 bridgehead atoms. The van der Waals surface area contributed by atoms with Crippen LogP contribution >= 0.6 is 22.6 Å². The first kappa shape index (κ1) is 17.0. The average molecular weight is 410 g/mol. The predicted octanol–water partition coefficient (Wildman–Crippen LogP) is 5.70. The standard InChI is InChI=1S/C19H17F2I/c1-2-3-4-5-14-6-9-16(17(20)12-14)10-7-15-8-11-19(22)18(21)13-15/h6,8-9,11-13H,2-5H2,1H3. The van der Waals surface area contributed by atoms with Crippen molar-refractivity contribution in [2.45, 2.75) is 32.6 Å². The van der Waals surface area contributed by atoms with E-state index in [1.54, 1.807) is 24.3 Å². The van der Waals surface area contributed by atoms with Crippen LogP contribution in [0.2, 0.25) is 0 Å². The molecule has 2 aromatic rings. The Morgan fingerprint density at radius 3 is 2.45 bits per heavy atom. The Hall–Kier alpha value is -1.41. The fraction of sp³-hybridized carbons (Fsp3) is 0.263. The normalized spacial score (nSPS) is 10.2. The van der Waals surface area contributed by atoms with Crippen LogP contribution in [0.15, 0.2) is 36.4 Å². The van der Waals surface area contributed by atoms with Crippen molar-refractivity contribution < 1.29 is 8.78 Å². The Morgan fingerprint density at radius 1 is 0.955 bits per heavy atom. The lowest BCUT2D eigenvalue weighted by molar-refractivity contribution is 0.619. The molecule has 0 amide bonds. The molecule has 0 heterocycles. The summed E-state index contributed by atoms with van der Waals surface area (Å²) in [5.41, 5.74) is 1.89. The van der Waals surface area contributed by atoms with E-state index in [1.807, 2.05) is 28.7 Å². The highest BCUT2D eigenvalue weighted by atomic mass is 127. The van der Waals surface area contributed by atoms with Crippen LogP contribution in [-0.4, -0.2) is 0 Å². The highest BCUT2D eigenvalue weighted by molar-refractivity contribution is 14.1. The Morgan fingerprint density at radius 2 is 1.77 bits per heavy atom. The second kappa shape index (κ2) is 8.28. The summed E-state index contributed by atoms with van der Waals surface area (Å²) in [5, 5.41) is 0. The van der Waals surface area contributed by atoms with Gasteiger partial charge in [0.05, 0.1) is 5.56 Å². The first-order valence-corrected chi connectivity index (χ1v) is 8.43. The molecule has 2 rings (SSSR count). The van der Waals surface area contributed by atoms with Gasteiger partial charge in [0.1, 0.15) is 11.6 Å². The molecular weight excluding hydrogens is 393 g/mol. The van der Waals surface area contributed by atoms with Gasteiger partial charge in [-0.15, -0.1) is 0 Å². The summed E-state index contributed by atoms with van der Waals surface area (Å²) in [6.07, 6.45) is 4.27. The second-order valence-electron chi connectivity index (χ2n) is 5.15. The van der Waals surface area contributed by atoms with Gasteiger partial charge in [0.15, 0.2) is 0 Å². The van der Waals surface area contributed by atoms with Crippen molar-refractivity contribution in [2.75, 3.05) is 0 Å². The van der Waals surface area contributed by atoms with Crippen LogP contribution in [-0.2, 0) is 6.42 Å². The Bertz CT molecular complexity index is 711. The molecule has 114 valence electrons. The van der Waals surface area contributed by atoms with Crippen molar-refractivity contribution >= 4 is 22.6 Å². The third-order valence-corrected chi connectivity index (χ3v) is 4.24. The van der Waals surface area contributed by atoms with E-state index < -0.39 is 0 Å². The minimum Gasteiger partial charge on any atom is -0.206 e. The summed E-state index contributed by atoms with van der Waals surface area (Å²) in [7, 11) is 0. The number of hydrogen-bond acceptors (Lipinski definition) is 0. The smallest absolute Gasteiger partial charge is 0.139 e. The molecule has 0 saturated carbocycles. The largest absolute Gasteiger partial charge is 0.206 e. The summed E-state index contributed by atoms with van der Waals surface area (Å²) in [4.78, 5) is 0. The monoisotopic (exact) mass is 410 g/mol. The topological polar surface area (TPSA) is 0 Å². The predicted molar refractivity (Wildman–Crippen MR) is 94.7 cm³/mol. The van der Waals surface area contributed by atoms with Crippen LogP contribution in [0.3, 0.4) is 0 Å². The van der Waals surface area contributed by atoms with Gasteiger partial charge in [-0.3, -0.25) is 0 Å². The van der Waals surface area contributed by atoms with Crippen LogP contribution in [0.1, 0.15) is 42.9 Å². The van der Waals surface area contributed by atoms with Gasteiger partial charge < -0.3 is 0 Å². The van der Waals surface area contributed by atoms with E-state index >= 15 is 0 Å². The lowest BCUT2D eigenvalue weighted by Gasteiger charge is -2.02. The van der Waals surface area contributed by atoms with E-state index in [0.29, 0.717) is 14.7 Å². The molecule has 0 aliphatic rings. The van der Waals surface area contributed by atoms with E-state index in [-0.39, 0.29) is 11.6 Å². The van der Waals surface area contributed by atoms with Gasteiger partial charge in [-0.05, 0) is 71.3 Å². The number of hydrogen-bond donors (Lipinski definition) is 0. The molecule has 0 saturated heterocycles. The van der Waals surface area contributed by atoms with Gasteiger partial charge in [0, 0.05) is 9.13 Å². The number of aryl methyl sites for hydroxylation is 1. The highest BCUT2D eigenvalue weighted by Gasteiger charge is 2.02. The van der Waals surface area contributed by atoms with Gasteiger partial charge in [0.2, 0.25) is 0 Å². The maximum absolute atomic E-state index is 14.0.